The van der Waals surface area contributed by atoms with Crippen LogP contribution >= 0.6 is 11.3 Å². The van der Waals surface area contributed by atoms with Gasteiger partial charge in [-0.2, -0.15) is 4.31 Å². The molecule has 0 bridgehead atoms. The van der Waals surface area contributed by atoms with Crippen molar-refractivity contribution in [3.05, 3.63) is 41.4 Å². The molecule has 0 unspecified atom stereocenters. The number of hydrogen-bond donors (Lipinski definition) is 1. The maximum Gasteiger partial charge on any atom is 0.214 e. The highest BCUT2D eigenvalue weighted by Crippen LogP contribution is 2.36. The van der Waals surface area contributed by atoms with E-state index in [1.807, 2.05) is 55.5 Å². The molecule has 0 spiro atoms. The lowest BCUT2D eigenvalue weighted by Crippen LogP contribution is -2.36. The monoisotopic (exact) mass is 528 g/mol. The summed E-state index contributed by atoms with van der Waals surface area (Å²) in [5.74, 6) is 1.69. The fourth-order valence-corrected chi connectivity index (χ4v) is 6.86. The van der Waals surface area contributed by atoms with Gasteiger partial charge in [0.2, 0.25) is 10.0 Å². The van der Waals surface area contributed by atoms with Crippen LogP contribution < -0.4 is 4.90 Å². The van der Waals surface area contributed by atoms with Crippen molar-refractivity contribution in [2.75, 3.05) is 64.6 Å². The number of aromatic amines is 1. The Hall–Kier alpha value is -2.57. The van der Waals surface area contributed by atoms with Crippen molar-refractivity contribution in [3.8, 4) is 11.4 Å². The summed E-state index contributed by atoms with van der Waals surface area (Å²) in [5, 5.41) is 1.07. The predicted molar refractivity (Wildman–Crippen MR) is 146 cm³/mol. The summed E-state index contributed by atoms with van der Waals surface area (Å²) in [7, 11) is 2.21. The minimum Gasteiger partial charge on any atom is -0.378 e. The van der Waals surface area contributed by atoms with Gasteiger partial charge in [-0.3, -0.25) is 0 Å². The molecule has 4 heterocycles. The maximum absolute atomic E-state index is 12.8. The molecule has 0 saturated carbocycles. The normalized spacial score (nSPS) is 15.1. The van der Waals surface area contributed by atoms with E-state index in [-0.39, 0.29) is 5.75 Å². The molecule has 1 aliphatic heterocycles. The third-order valence-electron chi connectivity index (χ3n) is 6.41. The number of fused-ring (bicyclic) bond motifs is 2. The standard InChI is InChI=1S/C25H32N6O3S2/c1-29(2)10-5-15-36(32,33)30(3)17-18-16-22-23(35-18)25(31-11-13-34-14-12-31)28-24(27-22)20-6-4-7-21-19(20)8-9-26-21/h4,6-9,16,26H,5,10-15,17H2,1-3H3. The maximum atomic E-state index is 12.8. The molecule has 0 aliphatic carbocycles. The Morgan fingerprint density at radius 1 is 1.14 bits per heavy atom. The van der Waals surface area contributed by atoms with Crippen LogP contribution in [-0.2, 0) is 21.3 Å². The van der Waals surface area contributed by atoms with Gasteiger partial charge in [0.1, 0.15) is 0 Å². The first-order chi connectivity index (χ1) is 17.3. The van der Waals surface area contributed by atoms with Crippen molar-refractivity contribution in [2.45, 2.75) is 13.0 Å². The molecule has 0 atom stereocenters. The Balaban J connectivity index is 1.50. The summed E-state index contributed by atoms with van der Waals surface area (Å²) in [6.45, 7) is 3.88. The molecular weight excluding hydrogens is 496 g/mol. The minimum atomic E-state index is -3.34. The summed E-state index contributed by atoms with van der Waals surface area (Å²) in [4.78, 5) is 18.4. The zero-order valence-electron chi connectivity index (χ0n) is 20.9. The second-order valence-electron chi connectivity index (χ2n) is 9.37. The Labute approximate surface area is 215 Å². The van der Waals surface area contributed by atoms with Gasteiger partial charge in [-0.1, -0.05) is 12.1 Å². The number of nitrogens with zero attached hydrogens (tertiary/aromatic N) is 5. The van der Waals surface area contributed by atoms with Crippen LogP contribution in [0.25, 0.3) is 32.5 Å². The summed E-state index contributed by atoms with van der Waals surface area (Å²) in [6, 6.07) is 10.1. The van der Waals surface area contributed by atoms with Gasteiger partial charge in [-0.05, 0) is 45.3 Å². The van der Waals surface area contributed by atoms with E-state index in [0.29, 0.717) is 32.0 Å². The summed E-state index contributed by atoms with van der Waals surface area (Å²) >= 11 is 1.57. The zero-order chi connectivity index (χ0) is 25.3. The van der Waals surface area contributed by atoms with Gasteiger partial charge in [0.25, 0.3) is 0 Å². The van der Waals surface area contributed by atoms with Crippen molar-refractivity contribution in [1.82, 2.24) is 24.2 Å². The first-order valence-electron chi connectivity index (χ1n) is 12.1. The molecule has 11 heteroatoms. The fraction of sp³-hybridized carbons (Fsp3) is 0.440. The number of anilines is 1. The van der Waals surface area contributed by atoms with Crippen LogP contribution in [0.3, 0.4) is 0 Å². The van der Waals surface area contributed by atoms with Crippen LogP contribution in [0, 0.1) is 0 Å². The van der Waals surface area contributed by atoms with Crippen LogP contribution in [0.2, 0.25) is 0 Å². The number of sulfonamides is 1. The Morgan fingerprint density at radius 2 is 1.94 bits per heavy atom. The molecule has 1 aromatic carbocycles. The van der Waals surface area contributed by atoms with Crippen LogP contribution in [-0.4, -0.2) is 92.3 Å². The van der Waals surface area contributed by atoms with Crippen molar-refractivity contribution < 1.29 is 13.2 Å². The second kappa shape index (κ2) is 10.4. The van der Waals surface area contributed by atoms with E-state index in [4.69, 9.17) is 14.7 Å². The molecule has 1 aliphatic rings. The number of hydrogen-bond acceptors (Lipinski definition) is 8. The van der Waals surface area contributed by atoms with Crippen molar-refractivity contribution in [1.29, 1.82) is 0 Å². The molecule has 36 heavy (non-hydrogen) atoms. The largest absolute Gasteiger partial charge is 0.378 e. The van der Waals surface area contributed by atoms with Crippen LogP contribution in [0.15, 0.2) is 36.5 Å². The molecular formula is C25H32N6O3S2. The quantitative estimate of drug-likeness (QED) is 0.356. The number of benzene rings is 1. The molecule has 3 aromatic heterocycles. The molecule has 192 valence electrons. The van der Waals surface area contributed by atoms with Gasteiger partial charge in [0, 0.05) is 54.2 Å². The first-order valence-corrected chi connectivity index (χ1v) is 14.5. The molecule has 1 saturated heterocycles. The highest BCUT2D eigenvalue weighted by atomic mass is 32.2. The average Bonchev–Trinajstić information content (AvgIpc) is 3.50. The molecule has 9 nitrogen and oxygen atoms in total. The van der Waals surface area contributed by atoms with E-state index in [9.17, 15) is 8.42 Å². The third kappa shape index (κ3) is 5.25. The average molecular weight is 529 g/mol. The Bertz CT molecular complexity index is 1460. The number of morpholine rings is 1. The topological polar surface area (TPSA) is 94.7 Å². The van der Waals surface area contributed by atoms with Crippen molar-refractivity contribution >= 4 is 48.3 Å². The molecule has 1 N–H and O–H groups in total. The van der Waals surface area contributed by atoms with Crippen LogP contribution in [0.4, 0.5) is 5.82 Å². The van der Waals surface area contributed by atoms with E-state index in [1.54, 1.807) is 18.4 Å². The first kappa shape index (κ1) is 25.1. The van der Waals surface area contributed by atoms with Gasteiger partial charge in [0.15, 0.2) is 11.6 Å². The summed E-state index contributed by atoms with van der Waals surface area (Å²) in [5.41, 5.74) is 2.85. The summed E-state index contributed by atoms with van der Waals surface area (Å²) in [6.07, 6.45) is 2.53. The predicted octanol–water partition coefficient (Wildman–Crippen LogP) is 3.39. The lowest BCUT2D eigenvalue weighted by atomic mass is 10.1. The number of ether oxygens (including phenoxy) is 1. The number of rotatable bonds is 9. The smallest absolute Gasteiger partial charge is 0.214 e. The molecule has 4 aromatic rings. The van der Waals surface area contributed by atoms with Crippen molar-refractivity contribution in [3.63, 3.8) is 0 Å². The lowest BCUT2D eigenvalue weighted by molar-refractivity contribution is 0.122. The number of thiophene rings is 1. The molecule has 0 amide bonds. The van der Waals surface area contributed by atoms with Gasteiger partial charge < -0.3 is 19.5 Å². The second-order valence-corrected chi connectivity index (χ2v) is 12.7. The number of nitrogens with one attached hydrogen (secondary N) is 1. The van der Waals surface area contributed by atoms with E-state index in [0.717, 1.165) is 57.0 Å². The van der Waals surface area contributed by atoms with Gasteiger partial charge >= 0.3 is 0 Å². The number of H-pyrrole nitrogens is 1. The van der Waals surface area contributed by atoms with Gasteiger partial charge in [-0.25, -0.2) is 18.4 Å². The van der Waals surface area contributed by atoms with Crippen LogP contribution in [0.1, 0.15) is 11.3 Å². The van der Waals surface area contributed by atoms with Gasteiger partial charge in [-0.15, -0.1) is 11.3 Å². The summed E-state index contributed by atoms with van der Waals surface area (Å²) < 4.78 is 33.7. The van der Waals surface area contributed by atoms with E-state index < -0.39 is 10.0 Å². The van der Waals surface area contributed by atoms with E-state index in [2.05, 4.69) is 9.88 Å². The van der Waals surface area contributed by atoms with E-state index >= 15 is 0 Å². The molecule has 5 rings (SSSR count). The fourth-order valence-electron chi connectivity index (χ4n) is 4.47. The molecule has 1 fully saturated rings. The van der Waals surface area contributed by atoms with Gasteiger partial charge in [0.05, 0.1) is 29.2 Å². The third-order valence-corrected chi connectivity index (χ3v) is 9.40. The Morgan fingerprint density at radius 3 is 2.72 bits per heavy atom. The molecule has 0 radical (unpaired) electrons. The lowest BCUT2D eigenvalue weighted by Gasteiger charge is -2.28. The van der Waals surface area contributed by atoms with Crippen molar-refractivity contribution in [2.24, 2.45) is 0 Å². The zero-order valence-corrected chi connectivity index (χ0v) is 22.5. The highest BCUT2D eigenvalue weighted by Gasteiger charge is 2.23. The Kier molecular flexibility index (Phi) is 7.27. The number of aromatic nitrogens is 3. The van der Waals surface area contributed by atoms with E-state index in [1.165, 1.54) is 4.31 Å². The highest BCUT2D eigenvalue weighted by molar-refractivity contribution is 7.89. The SMILES string of the molecule is CN(C)CCCS(=O)(=O)N(C)Cc1cc2nc(-c3cccc4[nH]ccc34)nc(N3CCOCC3)c2s1. The minimum absolute atomic E-state index is 0.135. The van der Waals surface area contributed by atoms with Crippen LogP contribution in [0.5, 0.6) is 0 Å².